The number of carbonyl (C=O) groups is 2. The van der Waals surface area contributed by atoms with Crippen molar-refractivity contribution in [2.24, 2.45) is 27.4 Å². The summed E-state index contributed by atoms with van der Waals surface area (Å²) in [5, 5.41) is 3.34. The van der Waals surface area contributed by atoms with Crippen molar-refractivity contribution in [3.8, 4) is 0 Å². The number of likely N-dealkylation sites (N-methyl/N-ethyl adjacent to an activating group) is 2. The molecule has 10 nitrogen and oxygen atoms in total. The zero-order valence-electron chi connectivity index (χ0n) is 22.7. The van der Waals surface area contributed by atoms with Crippen molar-refractivity contribution in [2.45, 2.75) is 23.9 Å². The summed E-state index contributed by atoms with van der Waals surface area (Å²) in [6.45, 7) is 1.84. The maximum Gasteiger partial charge on any atom is 0.266 e. The third-order valence-corrected chi connectivity index (χ3v) is 7.94. The van der Waals surface area contributed by atoms with Gasteiger partial charge in [-0.2, -0.15) is 0 Å². The highest BCUT2D eigenvalue weighted by molar-refractivity contribution is 6.09. The molecule has 2 amide bonds. The zero-order chi connectivity index (χ0) is 28.3. The number of benzene rings is 2. The maximum atomic E-state index is 12.8. The average Bonchev–Trinajstić information content (AvgIpc) is 3.39. The molecule has 0 aliphatic carbocycles. The molecular weight excluding hydrogens is 504 g/mol. The normalized spacial score (nSPS) is 24.9. The Morgan fingerprint density at radius 1 is 0.725 bits per heavy atom. The minimum absolute atomic E-state index is 0.00639. The van der Waals surface area contributed by atoms with Gasteiger partial charge in [0.2, 0.25) is 0 Å². The standard InChI is InChI=1S/C15H20N4O.C15H14N4O/c2*1-19-13(20)15(18-14(19)16,11-5-3-2-4-6-11)12-7-9-17-10-8-12/h2-6,12,17H,7-10H2,1H3,(H2,16,18);2-10H,1H3,(H2,16,18). The largest absolute Gasteiger partial charge is 0.369 e. The molecule has 0 radical (unpaired) electrons. The topological polar surface area (TPSA) is 142 Å². The van der Waals surface area contributed by atoms with Gasteiger partial charge in [-0.05, 0) is 60.7 Å². The van der Waals surface area contributed by atoms with E-state index in [1.165, 1.54) is 9.80 Å². The first kappa shape index (κ1) is 27.0. The second-order valence-electron chi connectivity index (χ2n) is 10.1. The molecule has 10 heteroatoms. The van der Waals surface area contributed by atoms with Gasteiger partial charge in [-0.3, -0.25) is 24.4 Å². The summed E-state index contributed by atoms with van der Waals surface area (Å²) in [4.78, 5) is 41.5. The molecule has 3 aromatic rings. The van der Waals surface area contributed by atoms with Gasteiger partial charge < -0.3 is 16.8 Å². The van der Waals surface area contributed by atoms with E-state index in [0.717, 1.165) is 42.6 Å². The molecule has 1 saturated heterocycles. The highest BCUT2D eigenvalue weighted by Crippen LogP contribution is 2.43. The molecule has 3 aliphatic rings. The molecule has 1 fully saturated rings. The highest BCUT2D eigenvalue weighted by Gasteiger charge is 2.53. The Morgan fingerprint density at radius 2 is 1.23 bits per heavy atom. The number of guanidine groups is 2. The lowest BCUT2D eigenvalue weighted by Gasteiger charge is -2.36. The van der Waals surface area contributed by atoms with Crippen LogP contribution in [0.15, 0.2) is 95.2 Å². The number of amides is 2. The fourth-order valence-electron chi connectivity index (χ4n) is 5.74. The predicted molar refractivity (Wildman–Crippen MR) is 154 cm³/mol. The number of piperidine rings is 1. The molecule has 2 aromatic carbocycles. The van der Waals surface area contributed by atoms with Crippen LogP contribution in [-0.4, -0.2) is 65.7 Å². The van der Waals surface area contributed by atoms with Crippen LogP contribution in [0.3, 0.4) is 0 Å². The molecule has 5 N–H and O–H groups in total. The highest BCUT2D eigenvalue weighted by atomic mass is 16.2. The van der Waals surface area contributed by atoms with Crippen LogP contribution in [0.4, 0.5) is 0 Å². The lowest BCUT2D eigenvalue weighted by atomic mass is 9.73. The van der Waals surface area contributed by atoms with Gasteiger partial charge in [-0.25, -0.2) is 9.98 Å². The minimum Gasteiger partial charge on any atom is -0.369 e. The SMILES string of the molecule is CN1C(=O)C(c2ccccc2)(C2CCNCC2)N=C1N.CN1C(=O)C(c2ccccc2)(c2ccncc2)N=C1N. The summed E-state index contributed by atoms with van der Waals surface area (Å²) in [5.41, 5.74) is 12.4. The van der Waals surface area contributed by atoms with E-state index < -0.39 is 11.1 Å². The third kappa shape index (κ3) is 4.40. The van der Waals surface area contributed by atoms with Crippen molar-refractivity contribution in [3.63, 3.8) is 0 Å². The summed E-state index contributed by atoms with van der Waals surface area (Å²) in [6.07, 6.45) is 5.17. The average molecular weight is 539 g/mol. The van der Waals surface area contributed by atoms with Crippen LogP contribution in [0.5, 0.6) is 0 Å². The van der Waals surface area contributed by atoms with Gasteiger partial charge in [0, 0.05) is 26.5 Å². The quantitative estimate of drug-likeness (QED) is 0.462. The van der Waals surface area contributed by atoms with E-state index in [1.54, 1.807) is 38.6 Å². The second-order valence-corrected chi connectivity index (χ2v) is 10.1. The Hall–Kier alpha value is -4.57. The molecule has 0 spiro atoms. The first-order valence-corrected chi connectivity index (χ1v) is 13.3. The molecule has 3 aliphatic heterocycles. The third-order valence-electron chi connectivity index (χ3n) is 7.94. The Kier molecular flexibility index (Phi) is 7.36. The Balaban J connectivity index is 0.000000161. The Labute approximate surface area is 233 Å². The van der Waals surface area contributed by atoms with Gasteiger partial charge in [0.1, 0.15) is 0 Å². The number of hydrogen-bond acceptors (Lipinski definition) is 8. The van der Waals surface area contributed by atoms with Crippen LogP contribution in [0.2, 0.25) is 0 Å². The van der Waals surface area contributed by atoms with Gasteiger partial charge in [0.25, 0.3) is 11.8 Å². The number of nitrogens with zero attached hydrogens (tertiary/aromatic N) is 5. The predicted octanol–water partition coefficient (Wildman–Crippen LogP) is 1.78. The molecule has 1 aromatic heterocycles. The lowest BCUT2D eigenvalue weighted by molar-refractivity contribution is -0.133. The minimum atomic E-state index is -1.11. The van der Waals surface area contributed by atoms with E-state index in [9.17, 15) is 9.59 Å². The Morgan fingerprint density at radius 3 is 1.73 bits per heavy atom. The van der Waals surface area contributed by atoms with Crippen LogP contribution >= 0.6 is 0 Å². The zero-order valence-corrected chi connectivity index (χ0v) is 22.7. The Bertz CT molecular complexity index is 1380. The summed E-state index contributed by atoms with van der Waals surface area (Å²) < 4.78 is 0. The van der Waals surface area contributed by atoms with Crippen LogP contribution in [-0.2, 0) is 20.7 Å². The maximum absolute atomic E-state index is 12.8. The van der Waals surface area contributed by atoms with E-state index in [-0.39, 0.29) is 23.7 Å². The number of nitrogens with one attached hydrogen (secondary N) is 1. The first-order valence-electron chi connectivity index (χ1n) is 13.3. The van der Waals surface area contributed by atoms with E-state index >= 15 is 0 Å². The molecular formula is C30H34N8O2. The number of pyridine rings is 1. The number of aliphatic imine (C=N–C) groups is 2. The van der Waals surface area contributed by atoms with Crippen molar-refractivity contribution in [1.29, 1.82) is 0 Å². The lowest BCUT2D eigenvalue weighted by Crippen LogP contribution is -2.47. The summed E-state index contributed by atoms with van der Waals surface area (Å²) in [7, 11) is 3.33. The van der Waals surface area contributed by atoms with Gasteiger partial charge in [-0.1, -0.05) is 60.7 Å². The number of nitrogens with two attached hydrogens (primary N) is 2. The summed E-state index contributed by atoms with van der Waals surface area (Å²) in [6, 6.07) is 22.8. The smallest absolute Gasteiger partial charge is 0.266 e. The van der Waals surface area contributed by atoms with E-state index in [4.69, 9.17) is 11.5 Å². The summed E-state index contributed by atoms with van der Waals surface area (Å²) in [5.74, 6) is 0.565. The molecule has 0 bridgehead atoms. The molecule has 6 rings (SSSR count). The summed E-state index contributed by atoms with van der Waals surface area (Å²) >= 11 is 0. The number of aromatic nitrogens is 1. The van der Waals surface area contributed by atoms with E-state index in [0.29, 0.717) is 5.96 Å². The molecule has 2 atom stereocenters. The van der Waals surface area contributed by atoms with E-state index in [1.807, 2.05) is 60.7 Å². The van der Waals surface area contributed by atoms with Gasteiger partial charge in [0.05, 0.1) is 0 Å². The van der Waals surface area contributed by atoms with Crippen LogP contribution in [0, 0.1) is 5.92 Å². The fraction of sp³-hybridized carbons (Fsp3) is 0.300. The van der Waals surface area contributed by atoms with Crippen molar-refractivity contribution >= 4 is 23.7 Å². The van der Waals surface area contributed by atoms with Crippen LogP contribution in [0.25, 0.3) is 0 Å². The van der Waals surface area contributed by atoms with Crippen molar-refractivity contribution in [3.05, 3.63) is 102 Å². The monoisotopic (exact) mass is 538 g/mol. The van der Waals surface area contributed by atoms with Crippen molar-refractivity contribution in [2.75, 3.05) is 27.2 Å². The first-order chi connectivity index (χ1) is 19.3. The van der Waals surface area contributed by atoms with Gasteiger partial charge in [0.15, 0.2) is 23.0 Å². The second kappa shape index (κ2) is 10.9. The van der Waals surface area contributed by atoms with Crippen LogP contribution < -0.4 is 16.8 Å². The fourth-order valence-corrected chi connectivity index (χ4v) is 5.74. The van der Waals surface area contributed by atoms with Gasteiger partial charge >= 0.3 is 0 Å². The van der Waals surface area contributed by atoms with Gasteiger partial charge in [-0.15, -0.1) is 0 Å². The van der Waals surface area contributed by atoms with Crippen molar-refractivity contribution < 1.29 is 9.59 Å². The number of carbonyl (C=O) groups excluding carboxylic acids is 2. The molecule has 206 valence electrons. The van der Waals surface area contributed by atoms with E-state index in [2.05, 4.69) is 20.3 Å². The van der Waals surface area contributed by atoms with Crippen LogP contribution in [0.1, 0.15) is 29.5 Å². The molecule has 0 saturated carbocycles. The number of hydrogen-bond donors (Lipinski definition) is 3. The van der Waals surface area contributed by atoms with Crippen molar-refractivity contribution in [1.82, 2.24) is 20.1 Å². The molecule has 40 heavy (non-hydrogen) atoms. The molecule has 4 heterocycles. The molecule has 2 unspecified atom stereocenters. The number of rotatable bonds is 4.